The number of benzene rings is 7. The average Bonchev–Trinajstić information content (AvgIpc) is 3.06. The van der Waals surface area contributed by atoms with Crippen molar-refractivity contribution in [2.75, 3.05) is 0 Å². The molecule has 202 valence electrons. The van der Waals surface area contributed by atoms with E-state index in [0.29, 0.717) is 6.54 Å². The van der Waals surface area contributed by atoms with Gasteiger partial charge in [0, 0.05) is 12.2 Å². The Hall–Kier alpha value is -5.18. The number of hydrogen-bond donors (Lipinski definition) is 2. The lowest BCUT2D eigenvalue weighted by Gasteiger charge is -2.19. The van der Waals surface area contributed by atoms with Crippen LogP contribution in [-0.2, 0) is 6.54 Å². The summed E-state index contributed by atoms with van der Waals surface area (Å²) in [5.41, 5.74) is 13.7. The number of nitrogens with two attached hydrogens (primary N) is 1. The van der Waals surface area contributed by atoms with E-state index in [0.717, 1.165) is 16.8 Å². The fraction of sp³-hybridized carbons (Fsp3) is 0.0500. The highest BCUT2D eigenvalue weighted by molar-refractivity contribution is 6.14. The van der Waals surface area contributed by atoms with Gasteiger partial charge < -0.3 is 11.1 Å². The highest BCUT2D eigenvalue weighted by Crippen LogP contribution is 2.34. The van der Waals surface area contributed by atoms with Crippen molar-refractivity contribution in [3.8, 4) is 11.1 Å². The van der Waals surface area contributed by atoms with Crippen LogP contribution < -0.4 is 11.1 Å². The molecule has 0 heterocycles. The molecule has 0 bridgehead atoms. The van der Waals surface area contributed by atoms with E-state index in [4.69, 9.17) is 5.73 Å². The summed E-state index contributed by atoms with van der Waals surface area (Å²) >= 11 is 0. The van der Waals surface area contributed by atoms with Gasteiger partial charge in [-0.2, -0.15) is 0 Å². The van der Waals surface area contributed by atoms with Crippen molar-refractivity contribution in [3.05, 3.63) is 174 Å². The Morgan fingerprint density at radius 3 is 1.93 bits per heavy atom. The molecule has 0 saturated carbocycles. The highest BCUT2D eigenvalue weighted by atomic mass is 14.9. The van der Waals surface area contributed by atoms with E-state index in [-0.39, 0.29) is 6.04 Å². The molecule has 0 radical (unpaired) electrons. The number of rotatable bonds is 7. The predicted octanol–water partition coefficient (Wildman–Crippen LogP) is 9.64. The van der Waals surface area contributed by atoms with E-state index in [2.05, 4.69) is 139 Å². The monoisotopic (exact) mass is 540 g/mol. The maximum atomic E-state index is 6.76. The Morgan fingerprint density at radius 1 is 0.571 bits per heavy atom. The minimum atomic E-state index is -0.243. The summed E-state index contributed by atoms with van der Waals surface area (Å²) in [6, 6.07) is 53.4. The molecule has 7 rings (SSSR count). The first kappa shape index (κ1) is 25.8. The van der Waals surface area contributed by atoms with Gasteiger partial charge in [-0.05, 0) is 72.3 Å². The Kier molecular flexibility index (Phi) is 6.97. The third-order valence-corrected chi connectivity index (χ3v) is 8.15. The normalized spacial score (nSPS) is 12.5. The van der Waals surface area contributed by atoms with Gasteiger partial charge in [0.25, 0.3) is 0 Å². The lowest BCUT2D eigenvalue weighted by Crippen LogP contribution is -2.16. The molecule has 2 nitrogen and oxygen atoms in total. The van der Waals surface area contributed by atoms with Crippen molar-refractivity contribution in [3.63, 3.8) is 0 Å². The molecule has 0 fully saturated rings. The van der Waals surface area contributed by atoms with Crippen molar-refractivity contribution < 1.29 is 0 Å². The third kappa shape index (κ3) is 5.05. The van der Waals surface area contributed by atoms with E-state index in [1.165, 1.54) is 49.0 Å². The molecule has 0 aromatic heterocycles. The summed E-state index contributed by atoms with van der Waals surface area (Å²) < 4.78 is 0. The van der Waals surface area contributed by atoms with Gasteiger partial charge in [0.15, 0.2) is 0 Å². The first-order valence-electron chi connectivity index (χ1n) is 14.5. The van der Waals surface area contributed by atoms with Crippen LogP contribution in [0.2, 0.25) is 0 Å². The molecule has 1 atom stereocenters. The van der Waals surface area contributed by atoms with Gasteiger partial charge in [-0.15, -0.1) is 0 Å². The summed E-state index contributed by atoms with van der Waals surface area (Å²) in [6.45, 7) is 0.666. The van der Waals surface area contributed by atoms with Crippen LogP contribution in [0, 0.1) is 0 Å². The second-order valence-corrected chi connectivity index (χ2v) is 10.8. The van der Waals surface area contributed by atoms with Gasteiger partial charge in [-0.1, -0.05) is 146 Å². The van der Waals surface area contributed by atoms with Gasteiger partial charge in [0.1, 0.15) is 0 Å². The molecular formula is C40H32N2. The molecule has 0 aliphatic heterocycles. The second-order valence-electron chi connectivity index (χ2n) is 10.8. The van der Waals surface area contributed by atoms with Crippen LogP contribution in [0.15, 0.2) is 158 Å². The first-order chi connectivity index (χ1) is 20.7. The van der Waals surface area contributed by atoms with E-state index >= 15 is 0 Å². The molecule has 3 N–H and O–H groups in total. The van der Waals surface area contributed by atoms with Crippen LogP contribution in [0.4, 0.5) is 0 Å². The van der Waals surface area contributed by atoms with Gasteiger partial charge in [-0.3, -0.25) is 0 Å². The molecule has 7 aromatic rings. The van der Waals surface area contributed by atoms with Gasteiger partial charge in [0.05, 0.1) is 6.04 Å². The minimum Gasteiger partial charge on any atom is -0.381 e. The molecule has 2 heteroatoms. The second kappa shape index (κ2) is 11.4. The van der Waals surface area contributed by atoms with Crippen LogP contribution in [0.25, 0.3) is 49.1 Å². The topological polar surface area (TPSA) is 38.0 Å². The SMILES string of the molecule is NC(/C=C(\NCc1c2ccccc2cc2ccc3ccccc3c12)c1ccc(-c2ccccc2)cc1)c1ccccc1. The summed E-state index contributed by atoms with van der Waals surface area (Å²) in [6.07, 6.45) is 2.15. The maximum absolute atomic E-state index is 6.76. The van der Waals surface area contributed by atoms with Crippen molar-refractivity contribution in [1.29, 1.82) is 0 Å². The van der Waals surface area contributed by atoms with Gasteiger partial charge in [0.2, 0.25) is 0 Å². The van der Waals surface area contributed by atoms with E-state index < -0.39 is 0 Å². The molecular weight excluding hydrogens is 508 g/mol. The van der Waals surface area contributed by atoms with Crippen LogP contribution in [0.3, 0.4) is 0 Å². The standard InChI is InChI=1S/C40H32N2/c41-38(31-14-5-2-6-15-31)26-39(32-22-19-29(20-23-32)28-11-3-1-4-12-28)42-27-37-35-17-9-8-16-33(35)25-34-24-21-30-13-7-10-18-36(30)40(34)37/h1-26,38,42H,27,41H2/b39-26-. The zero-order valence-electron chi connectivity index (χ0n) is 23.4. The molecule has 7 aromatic carbocycles. The molecule has 0 amide bonds. The van der Waals surface area contributed by atoms with E-state index in [1.807, 2.05) is 24.3 Å². The van der Waals surface area contributed by atoms with Crippen molar-refractivity contribution in [1.82, 2.24) is 5.32 Å². The van der Waals surface area contributed by atoms with Crippen molar-refractivity contribution >= 4 is 38.0 Å². The molecule has 1 unspecified atom stereocenters. The van der Waals surface area contributed by atoms with E-state index in [9.17, 15) is 0 Å². The quantitative estimate of drug-likeness (QED) is 0.156. The largest absolute Gasteiger partial charge is 0.381 e. The predicted molar refractivity (Wildman–Crippen MR) is 179 cm³/mol. The average molecular weight is 541 g/mol. The summed E-state index contributed by atoms with van der Waals surface area (Å²) in [4.78, 5) is 0. The van der Waals surface area contributed by atoms with Gasteiger partial charge in [-0.25, -0.2) is 0 Å². The Morgan fingerprint density at radius 2 is 1.17 bits per heavy atom. The zero-order valence-corrected chi connectivity index (χ0v) is 23.4. The zero-order chi connectivity index (χ0) is 28.3. The number of fused-ring (bicyclic) bond motifs is 4. The lowest BCUT2D eigenvalue weighted by molar-refractivity contribution is 0.865. The molecule has 0 saturated heterocycles. The highest BCUT2D eigenvalue weighted by Gasteiger charge is 2.13. The minimum absolute atomic E-state index is 0.243. The van der Waals surface area contributed by atoms with Gasteiger partial charge >= 0.3 is 0 Å². The molecule has 0 aliphatic rings. The summed E-state index contributed by atoms with van der Waals surface area (Å²) in [5, 5.41) is 11.4. The Bertz CT molecular complexity index is 2020. The molecule has 42 heavy (non-hydrogen) atoms. The molecule has 0 spiro atoms. The third-order valence-electron chi connectivity index (χ3n) is 8.15. The fourth-order valence-electron chi connectivity index (χ4n) is 5.99. The maximum Gasteiger partial charge on any atom is 0.0504 e. The number of hydrogen-bond acceptors (Lipinski definition) is 2. The van der Waals surface area contributed by atoms with Crippen molar-refractivity contribution in [2.24, 2.45) is 5.73 Å². The number of nitrogens with one attached hydrogen (secondary N) is 1. The smallest absolute Gasteiger partial charge is 0.0504 e. The molecule has 0 aliphatic carbocycles. The fourth-order valence-corrected chi connectivity index (χ4v) is 5.99. The first-order valence-corrected chi connectivity index (χ1v) is 14.5. The van der Waals surface area contributed by atoms with Crippen LogP contribution in [0.5, 0.6) is 0 Å². The summed E-state index contributed by atoms with van der Waals surface area (Å²) in [5.74, 6) is 0. The van der Waals surface area contributed by atoms with Crippen LogP contribution >= 0.6 is 0 Å². The van der Waals surface area contributed by atoms with Crippen molar-refractivity contribution in [2.45, 2.75) is 12.6 Å². The lowest BCUT2D eigenvalue weighted by atomic mass is 9.92. The van der Waals surface area contributed by atoms with Crippen LogP contribution in [-0.4, -0.2) is 0 Å². The Labute approximate surface area is 246 Å². The Balaban J connectivity index is 1.33. The van der Waals surface area contributed by atoms with E-state index in [1.54, 1.807) is 0 Å². The summed E-state index contributed by atoms with van der Waals surface area (Å²) in [7, 11) is 0. The van der Waals surface area contributed by atoms with Crippen LogP contribution in [0.1, 0.15) is 22.7 Å².